The molecule has 0 aliphatic rings. The van der Waals surface area contributed by atoms with Crippen molar-refractivity contribution in [2.75, 3.05) is 5.32 Å². The molecule has 0 aliphatic heterocycles. The van der Waals surface area contributed by atoms with E-state index in [1.165, 1.54) is 0 Å². The summed E-state index contributed by atoms with van der Waals surface area (Å²) in [7, 11) is 0. The van der Waals surface area contributed by atoms with Gasteiger partial charge in [0.2, 0.25) is 0 Å². The molecular formula is C14H10BrF2NO2. The maximum absolute atomic E-state index is 13.6. The summed E-state index contributed by atoms with van der Waals surface area (Å²) in [6, 6.07) is 8.86. The summed E-state index contributed by atoms with van der Waals surface area (Å²) >= 11 is 3.31. The molecule has 0 saturated heterocycles. The van der Waals surface area contributed by atoms with E-state index in [-0.39, 0.29) is 5.69 Å². The van der Waals surface area contributed by atoms with E-state index in [9.17, 15) is 13.6 Å². The van der Waals surface area contributed by atoms with E-state index in [2.05, 4.69) is 21.2 Å². The van der Waals surface area contributed by atoms with Gasteiger partial charge in [-0.3, -0.25) is 0 Å². The maximum atomic E-state index is 13.6. The van der Waals surface area contributed by atoms with Crippen molar-refractivity contribution in [3.8, 4) is 0 Å². The first-order valence-electron chi connectivity index (χ1n) is 5.68. The van der Waals surface area contributed by atoms with Crippen molar-refractivity contribution in [2.24, 2.45) is 0 Å². The van der Waals surface area contributed by atoms with Crippen molar-refractivity contribution in [3.05, 3.63) is 63.6 Å². The van der Waals surface area contributed by atoms with Crippen LogP contribution in [0, 0.1) is 11.6 Å². The minimum atomic E-state index is -1.44. The van der Waals surface area contributed by atoms with E-state index in [0.717, 1.165) is 16.1 Å². The number of nitrogens with one attached hydrogen (secondary N) is 1. The topological polar surface area (TPSA) is 49.3 Å². The van der Waals surface area contributed by atoms with Crippen LogP contribution in [0.4, 0.5) is 14.5 Å². The highest BCUT2D eigenvalue weighted by Gasteiger charge is 2.15. The zero-order valence-corrected chi connectivity index (χ0v) is 11.7. The van der Waals surface area contributed by atoms with Gasteiger partial charge in [-0.15, -0.1) is 0 Å². The maximum Gasteiger partial charge on any atom is 0.338 e. The molecular weight excluding hydrogens is 332 g/mol. The number of anilines is 1. The van der Waals surface area contributed by atoms with Crippen LogP contribution in [0.1, 0.15) is 15.9 Å². The summed E-state index contributed by atoms with van der Waals surface area (Å²) < 4.78 is 27.7. The Morgan fingerprint density at radius 2 is 1.95 bits per heavy atom. The second-order valence-corrected chi connectivity index (χ2v) is 5.02. The van der Waals surface area contributed by atoms with Crippen LogP contribution in [-0.4, -0.2) is 11.1 Å². The Kier molecular flexibility index (Phi) is 4.34. The monoisotopic (exact) mass is 341 g/mol. The molecule has 3 nitrogen and oxygen atoms in total. The van der Waals surface area contributed by atoms with Gasteiger partial charge in [-0.2, -0.15) is 0 Å². The van der Waals surface area contributed by atoms with Crippen molar-refractivity contribution in [1.29, 1.82) is 0 Å². The molecule has 6 heteroatoms. The van der Waals surface area contributed by atoms with Gasteiger partial charge in [0.15, 0.2) is 0 Å². The molecule has 20 heavy (non-hydrogen) atoms. The second kappa shape index (κ2) is 6.00. The lowest BCUT2D eigenvalue weighted by atomic mass is 10.1. The highest BCUT2D eigenvalue weighted by molar-refractivity contribution is 9.10. The minimum Gasteiger partial charge on any atom is -0.478 e. The highest BCUT2D eigenvalue weighted by atomic mass is 79.9. The van der Waals surface area contributed by atoms with Crippen molar-refractivity contribution in [1.82, 2.24) is 0 Å². The number of halogens is 3. The Balaban J connectivity index is 2.21. The number of carboxylic acids is 1. The Morgan fingerprint density at radius 3 is 2.60 bits per heavy atom. The van der Waals surface area contributed by atoms with Gasteiger partial charge < -0.3 is 10.4 Å². The van der Waals surface area contributed by atoms with Crippen LogP contribution in [0.5, 0.6) is 0 Å². The third-order valence-corrected chi connectivity index (χ3v) is 3.15. The molecule has 0 unspecified atom stereocenters. The van der Waals surface area contributed by atoms with Gasteiger partial charge in [-0.1, -0.05) is 28.1 Å². The van der Waals surface area contributed by atoms with E-state index in [1.807, 2.05) is 24.3 Å². The van der Waals surface area contributed by atoms with E-state index in [0.29, 0.717) is 12.6 Å². The average molecular weight is 342 g/mol. The Morgan fingerprint density at radius 1 is 1.20 bits per heavy atom. The quantitative estimate of drug-likeness (QED) is 0.882. The Hall–Kier alpha value is -1.95. The third kappa shape index (κ3) is 3.33. The summed E-state index contributed by atoms with van der Waals surface area (Å²) in [4.78, 5) is 10.8. The zero-order chi connectivity index (χ0) is 14.7. The lowest BCUT2D eigenvalue weighted by Crippen LogP contribution is -2.06. The molecule has 0 aromatic heterocycles. The summed E-state index contributed by atoms with van der Waals surface area (Å²) in [5, 5.41) is 11.6. The Bertz CT molecular complexity index is 662. The number of hydrogen-bond donors (Lipinski definition) is 2. The van der Waals surface area contributed by atoms with Crippen LogP contribution in [0.2, 0.25) is 0 Å². The first-order chi connectivity index (χ1) is 9.47. The molecule has 0 heterocycles. The van der Waals surface area contributed by atoms with Crippen LogP contribution in [0.25, 0.3) is 0 Å². The third-order valence-electron chi connectivity index (χ3n) is 2.66. The van der Waals surface area contributed by atoms with Crippen LogP contribution in [0.3, 0.4) is 0 Å². The fourth-order valence-electron chi connectivity index (χ4n) is 1.69. The smallest absolute Gasteiger partial charge is 0.338 e. The standard InChI is InChI=1S/C14H10BrF2NO2/c15-9-3-1-2-8(4-9)7-18-13-5-10(14(19)20)11(16)6-12(13)17/h1-6,18H,7H2,(H,19,20). The van der Waals surface area contributed by atoms with Crippen molar-refractivity contribution < 1.29 is 18.7 Å². The number of carboxylic acid groups (broad SMARTS) is 1. The molecule has 0 atom stereocenters. The predicted molar refractivity (Wildman–Crippen MR) is 74.8 cm³/mol. The van der Waals surface area contributed by atoms with Gasteiger partial charge in [0.25, 0.3) is 0 Å². The SMILES string of the molecule is O=C(O)c1cc(NCc2cccc(Br)c2)c(F)cc1F. The van der Waals surface area contributed by atoms with E-state index >= 15 is 0 Å². The molecule has 0 aliphatic carbocycles. The summed E-state index contributed by atoms with van der Waals surface area (Å²) in [5.41, 5.74) is 0.256. The fourth-order valence-corrected chi connectivity index (χ4v) is 2.14. The lowest BCUT2D eigenvalue weighted by molar-refractivity contribution is 0.0692. The van der Waals surface area contributed by atoms with Gasteiger partial charge in [-0.05, 0) is 23.8 Å². The van der Waals surface area contributed by atoms with Gasteiger partial charge in [-0.25, -0.2) is 13.6 Å². The molecule has 2 N–H and O–H groups in total. The number of hydrogen-bond acceptors (Lipinski definition) is 2. The first-order valence-corrected chi connectivity index (χ1v) is 6.47. The predicted octanol–water partition coefficient (Wildman–Crippen LogP) is 4.04. The second-order valence-electron chi connectivity index (χ2n) is 4.10. The molecule has 0 amide bonds. The molecule has 2 aromatic carbocycles. The number of rotatable bonds is 4. The molecule has 0 bridgehead atoms. The summed E-state index contributed by atoms with van der Waals surface area (Å²) in [5.74, 6) is -3.36. The minimum absolute atomic E-state index is 0.0521. The molecule has 0 fully saturated rings. The number of aromatic carboxylic acids is 1. The molecule has 2 aromatic rings. The van der Waals surface area contributed by atoms with Crippen LogP contribution >= 0.6 is 15.9 Å². The molecule has 0 saturated carbocycles. The van der Waals surface area contributed by atoms with Crippen LogP contribution < -0.4 is 5.32 Å². The molecule has 104 valence electrons. The van der Waals surface area contributed by atoms with Crippen molar-refractivity contribution in [2.45, 2.75) is 6.54 Å². The Labute approximate surface area is 122 Å². The average Bonchev–Trinajstić information content (AvgIpc) is 2.37. The van der Waals surface area contributed by atoms with Crippen LogP contribution in [-0.2, 0) is 6.54 Å². The van der Waals surface area contributed by atoms with Gasteiger partial charge >= 0.3 is 5.97 Å². The van der Waals surface area contributed by atoms with Crippen molar-refractivity contribution in [3.63, 3.8) is 0 Å². The fraction of sp³-hybridized carbons (Fsp3) is 0.0714. The zero-order valence-electron chi connectivity index (χ0n) is 10.2. The molecule has 2 rings (SSSR count). The van der Waals surface area contributed by atoms with Gasteiger partial charge in [0.05, 0.1) is 11.3 Å². The van der Waals surface area contributed by atoms with Crippen LogP contribution in [0.15, 0.2) is 40.9 Å². The molecule has 0 spiro atoms. The van der Waals surface area contributed by atoms with Gasteiger partial charge in [0, 0.05) is 17.1 Å². The van der Waals surface area contributed by atoms with Gasteiger partial charge in [0.1, 0.15) is 11.6 Å². The summed E-state index contributed by atoms with van der Waals surface area (Å²) in [6.07, 6.45) is 0. The molecule has 0 radical (unpaired) electrons. The van der Waals surface area contributed by atoms with E-state index < -0.39 is 23.2 Å². The first kappa shape index (κ1) is 14.5. The van der Waals surface area contributed by atoms with E-state index in [1.54, 1.807) is 0 Å². The number of carbonyl (C=O) groups is 1. The largest absolute Gasteiger partial charge is 0.478 e. The highest BCUT2D eigenvalue weighted by Crippen LogP contribution is 2.21. The normalized spacial score (nSPS) is 10.3. The van der Waals surface area contributed by atoms with Crippen molar-refractivity contribution >= 4 is 27.6 Å². The number of benzene rings is 2. The lowest BCUT2D eigenvalue weighted by Gasteiger charge is -2.09. The summed E-state index contributed by atoms with van der Waals surface area (Å²) in [6.45, 7) is 0.293. The van der Waals surface area contributed by atoms with E-state index in [4.69, 9.17) is 5.11 Å².